The third-order valence-electron chi connectivity index (χ3n) is 20.8. The van der Waals surface area contributed by atoms with Crippen LogP contribution in [0.3, 0.4) is 0 Å². The summed E-state index contributed by atoms with van der Waals surface area (Å²) in [6, 6.07) is 17.7. The molecule has 0 unspecified atom stereocenters. The summed E-state index contributed by atoms with van der Waals surface area (Å²) in [5.41, 5.74) is 21.2. The van der Waals surface area contributed by atoms with Gasteiger partial charge in [-0.25, -0.2) is 4.70 Å². The summed E-state index contributed by atoms with van der Waals surface area (Å²) >= 11 is 2.05. The topological polar surface area (TPSA) is 25.3 Å². The van der Waals surface area contributed by atoms with Crippen LogP contribution in [-0.4, -0.2) is 4.70 Å². The monoisotopic (exact) mass is 1330 g/mol. The van der Waals surface area contributed by atoms with E-state index in [4.69, 9.17) is 0 Å². The van der Waals surface area contributed by atoms with Crippen molar-refractivity contribution in [2.45, 2.75) is 476 Å². The van der Waals surface area contributed by atoms with E-state index in [-0.39, 0.29) is 0 Å². The molecule has 0 aromatic heterocycles. The zero-order valence-electron chi connectivity index (χ0n) is 63.9. The van der Waals surface area contributed by atoms with Gasteiger partial charge in [0.1, 0.15) is 0 Å². The Morgan fingerprint density at radius 3 is 0.656 bits per heavy atom. The molecule has 0 radical (unpaired) electrons. The van der Waals surface area contributed by atoms with Crippen LogP contribution in [0.4, 0.5) is 0 Å². The first-order chi connectivity index (χ1) is 46.1. The van der Waals surface area contributed by atoms with Crippen molar-refractivity contribution in [3.05, 3.63) is 87.5 Å². The van der Waals surface area contributed by atoms with E-state index >= 15 is 0 Å². The summed E-state index contributed by atoms with van der Waals surface area (Å²) in [5, 5.41) is 2.87. The van der Waals surface area contributed by atoms with E-state index in [1.54, 1.807) is 0 Å². The van der Waals surface area contributed by atoms with Gasteiger partial charge in [-0.2, -0.15) is 0 Å². The molecule has 3 heteroatoms. The minimum atomic E-state index is 0.987. The van der Waals surface area contributed by atoms with Crippen LogP contribution in [0.25, 0.3) is 16.9 Å². The molecule has 2 nitrogen and oxygen atoms in total. The molecule has 0 saturated heterocycles. The molecule has 0 amide bonds. The fourth-order valence-electron chi connectivity index (χ4n) is 14.4. The summed E-state index contributed by atoms with van der Waals surface area (Å²) in [7, 11) is 0. The quantitative estimate of drug-likeness (QED) is 0.0358. The first kappa shape index (κ1) is 87.1. The summed E-state index contributed by atoms with van der Waals surface area (Å²) in [6.07, 6.45) is 94.1. The molecule has 1 heterocycles. The number of allylic oxidation sites excluding steroid dienone is 2. The van der Waals surface area contributed by atoms with Crippen LogP contribution in [0.1, 0.15) is 475 Å². The molecule has 0 fully saturated rings. The number of benzene rings is 2. The van der Waals surface area contributed by atoms with Gasteiger partial charge in [-0.3, -0.25) is 0 Å². The Balaban J connectivity index is 0.000000726. The van der Waals surface area contributed by atoms with Crippen molar-refractivity contribution >= 4 is 11.4 Å². The molecule has 93 heavy (non-hydrogen) atoms. The van der Waals surface area contributed by atoms with Crippen molar-refractivity contribution in [2.75, 3.05) is 0 Å². The molecule has 0 atom stereocenters. The smallest absolute Gasteiger partial charge is 0.493 e. The number of nitrogens with zero attached hydrogens (tertiary/aromatic N) is 2. The van der Waals surface area contributed by atoms with Crippen molar-refractivity contribution in [3.63, 3.8) is 0 Å². The molecular formula is C90H162N2Ni. The molecule has 2 aromatic carbocycles. The summed E-state index contributed by atoms with van der Waals surface area (Å²) in [5.74, 6) is 0. The molecule has 3 rings (SSSR count). The normalized spacial score (nSPS) is 12.6. The summed E-state index contributed by atoms with van der Waals surface area (Å²) in [6.45, 7) is 13.6. The van der Waals surface area contributed by atoms with Crippen LogP contribution in [0, 0.1) is 0 Å². The number of hydrogen-bond acceptors (Lipinski definition) is 0. The van der Waals surface area contributed by atoms with Gasteiger partial charge in [-0.1, -0.05) is 303 Å². The summed E-state index contributed by atoms with van der Waals surface area (Å²) < 4.78 is 1.51. The molecule has 0 bridgehead atoms. The zero-order chi connectivity index (χ0) is 66.6. The van der Waals surface area contributed by atoms with Crippen LogP contribution in [0.2, 0.25) is 10.8 Å². The van der Waals surface area contributed by atoms with Crippen LogP contribution < -0.4 is 0 Å². The Labute approximate surface area is 590 Å². The van der Waals surface area contributed by atoms with Gasteiger partial charge < -0.3 is 5.53 Å². The van der Waals surface area contributed by atoms with E-state index < -0.39 is 0 Å². The molecule has 2 aromatic rings. The number of hydrogen-bond donors (Lipinski definition) is 0. The van der Waals surface area contributed by atoms with E-state index in [0.717, 1.165) is 73.9 Å². The SMILES string of the molecule is CCCCCCCCCCCCCCCCCCCCCCCCCCCC[CH2][Ni][CH2]CCCCCCCCCCCCCCCCCCCCCCCCCCCC.CCCCCCc1ccc(C2=C(CCCC)C(CCCC)=C(c3ccc(CC)cc3)[N+]2=[N-])cc1. The standard InChI is InChI=1S/C32H44N2.2C29H59.Ni/c1-5-9-12-13-14-26-19-23-28(24-20-26)32-30(16-11-7-3)29(15-10-6-2)31(34(32)33)27-21-17-25(8-4)18-22-27;2*1-3-5-7-9-11-13-15-17-19-21-23-25-27-29-28-26-24-22-20-18-16-14-12-10-8-6-4-2;/h17-24H,5-16H2,1-4H3;2*1,3-29H2,2H3;. The minimum Gasteiger partial charge on any atom is -0.493 e. The van der Waals surface area contributed by atoms with E-state index in [1.165, 1.54) is 410 Å². The van der Waals surface area contributed by atoms with E-state index in [2.05, 4.69) is 105 Å². The number of rotatable bonds is 70. The first-order valence-corrected chi connectivity index (χ1v) is 44.0. The van der Waals surface area contributed by atoms with Gasteiger partial charge in [-0.15, -0.1) is 0 Å². The Morgan fingerprint density at radius 2 is 0.430 bits per heavy atom. The maximum absolute atomic E-state index is 11.6. The molecule has 0 spiro atoms. The minimum absolute atomic E-state index is 0.987. The van der Waals surface area contributed by atoms with Gasteiger partial charge in [0.25, 0.3) is 0 Å². The Morgan fingerprint density at radius 1 is 0.226 bits per heavy atom. The van der Waals surface area contributed by atoms with Gasteiger partial charge in [0.05, 0.1) is 0 Å². The van der Waals surface area contributed by atoms with E-state index in [9.17, 15) is 5.53 Å². The second-order valence-electron chi connectivity index (χ2n) is 29.6. The van der Waals surface area contributed by atoms with Gasteiger partial charge in [0, 0.05) is 22.3 Å². The molecule has 0 aliphatic carbocycles. The molecule has 1 aliphatic rings. The van der Waals surface area contributed by atoms with Crippen molar-refractivity contribution in [1.82, 2.24) is 0 Å². The second kappa shape index (κ2) is 68.5. The van der Waals surface area contributed by atoms with Gasteiger partial charge in [0.15, 0.2) is 0 Å². The first-order valence-electron chi connectivity index (χ1n) is 42.6. The van der Waals surface area contributed by atoms with E-state index in [1.807, 2.05) is 0 Å². The van der Waals surface area contributed by atoms with Gasteiger partial charge in [-0.05, 0) is 80.3 Å². The summed E-state index contributed by atoms with van der Waals surface area (Å²) in [4.78, 5) is 0. The predicted molar refractivity (Wildman–Crippen MR) is 417 cm³/mol. The zero-order valence-corrected chi connectivity index (χ0v) is 64.9. The molecule has 0 saturated carbocycles. The molecular weight excluding hydrogens is 1170 g/mol. The Bertz CT molecular complexity index is 1880. The maximum atomic E-state index is 11.6. The van der Waals surface area contributed by atoms with Crippen LogP contribution in [0.5, 0.6) is 0 Å². The predicted octanol–water partition coefficient (Wildman–Crippen LogP) is 32.9. The third-order valence-corrected chi connectivity index (χ3v) is 22.2. The van der Waals surface area contributed by atoms with Crippen LogP contribution in [0.15, 0.2) is 59.7 Å². The third kappa shape index (κ3) is 50.1. The Kier molecular flexibility index (Phi) is 64.2. The molecule has 0 N–H and O–H groups in total. The number of aryl methyl sites for hydroxylation is 2. The van der Waals surface area contributed by atoms with Crippen molar-refractivity contribution in [3.8, 4) is 0 Å². The fourth-order valence-corrected chi connectivity index (χ4v) is 15.6. The van der Waals surface area contributed by atoms with Crippen molar-refractivity contribution < 1.29 is 19.1 Å². The number of unbranched alkanes of at least 4 members (excludes halogenated alkanes) is 57. The average Bonchev–Trinajstić information content (AvgIpc) is 1.61. The fraction of sp³-hybridized carbons (Fsp3) is 0.822. The van der Waals surface area contributed by atoms with Crippen molar-refractivity contribution in [2.24, 2.45) is 0 Å². The Hall–Kier alpha value is -1.99. The van der Waals surface area contributed by atoms with Crippen molar-refractivity contribution in [1.29, 1.82) is 0 Å². The van der Waals surface area contributed by atoms with Crippen LogP contribution in [-0.2, 0) is 27.3 Å². The van der Waals surface area contributed by atoms with Crippen LogP contribution >= 0.6 is 0 Å². The second-order valence-corrected chi connectivity index (χ2v) is 31.1. The molecule has 542 valence electrons. The van der Waals surface area contributed by atoms with Gasteiger partial charge in [0.2, 0.25) is 11.4 Å². The average molecular weight is 1330 g/mol. The van der Waals surface area contributed by atoms with Gasteiger partial charge >= 0.3 is 166 Å². The van der Waals surface area contributed by atoms with E-state index in [0.29, 0.717) is 0 Å². The molecule has 1 aliphatic heterocycles.